The summed E-state index contributed by atoms with van der Waals surface area (Å²) in [4.78, 5) is 2.26. The molecule has 0 aliphatic rings. The molecule has 4 heteroatoms. The first kappa shape index (κ1) is 15.4. The van der Waals surface area contributed by atoms with Crippen molar-refractivity contribution in [2.75, 3.05) is 26.7 Å². The van der Waals surface area contributed by atoms with Crippen molar-refractivity contribution < 1.29 is 5.11 Å². The average Bonchev–Trinajstić information content (AvgIpc) is 2.34. The van der Waals surface area contributed by atoms with Crippen LogP contribution in [0, 0.1) is 0 Å². The van der Waals surface area contributed by atoms with Gasteiger partial charge in [0, 0.05) is 36.3 Å². The van der Waals surface area contributed by atoms with Crippen LogP contribution in [-0.2, 0) is 0 Å². The summed E-state index contributed by atoms with van der Waals surface area (Å²) in [6.45, 7) is 6.68. The topological polar surface area (TPSA) is 35.5 Å². The molecule has 102 valence electrons. The van der Waals surface area contributed by atoms with E-state index < -0.39 is 6.10 Å². The molecule has 1 aromatic carbocycles. The molecule has 18 heavy (non-hydrogen) atoms. The van der Waals surface area contributed by atoms with Crippen molar-refractivity contribution in [1.82, 2.24) is 10.2 Å². The minimum atomic E-state index is -0.553. The number of aliphatic hydroxyl groups excluding tert-OH is 1. The molecule has 1 aromatic rings. The van der Waals surface area contributed by atoms with E-state index in [-0.39, 0.29) is 0 Å². The van der Waals surface area contributed by atoms with Crippen LogP contribution in [0.3, 0.4) is 0 Å². The summed E-state index contributed by atoms with van der Waals surface area (Å²) in [6.07, 6.45) is -0.553. The predicted octanol–water partition coefficient (Wildman–Crippen LogP) is 2.30. The minimum absolute atomic E-state index is 0.523. The van der Waals surface area contributed by atoms with Crippen LogP contribution in [0.25, 0.3) is 0 Å². The maximum atomic E-state index is 10.0. The number of halogens is 1. The van der Waals surface area contributed by atoms with E-state index >= 15 is 0 Å². The summed E-state index contributed by atoms with van der Waals surface area (Å²) < 4.78 is 0. The largest absolute Gasteiger partial charge is 0.387 e. The fraction of sp³-hybridized carbons (Fsp3) is 0.571. The maximum Gasteiger partial charge on any atom is 0.0928 e. The quantitative estimate of drug-likeness (QED) is 0.747. The lowest BCUT2D eigenvalue weighted by molar-refractivity contribution is 0.172. The van der Waals surface area contributed by atoms with Gasteiger partial charge in [-0.3, -0.25) is 0 Å². The molecule has 0 aliphatic heterocycles. The lowest BCUT2D eigenvalue weighted by Crippen LogP contribution is -2.35. The van der Waals surface area contributed by atoms with Gasteiger partial charge in [0.2, 0.25) is 0 Å². The third-order valence-corrected chi connectivity index (χ3v) is 3.47. The summed E-state index contributed by atoms with van der Waals surface area (Å²) in [5.41, 5.74) is 0.781. The molecule has 3 nitrogen and oxygen atoms in total. The molecular formula is C14H23ClN2O. The molecule has 0 amide bonds. The van der Waals surface area contributed by atoms with E-state index in [0.717, 1.165) is 18.7 Å². The van der Waals surface area contributed by atoms with Crippen LogP contribution >= 0.6 is 11.6 Å². The average molecular weight is 271 g/mol. The van der Waals surface area contributed by atoms with E-state index in [1.165, 1.54) is 0 Å². The molecule has 0 bridgehead atoms. The lowest BCUT2D eigenvalue weighted by Gasteiger charge is -2.21. The highest BCUT2D eigenvalue weighted by Crippen LogP contribution is 2.21. The first-order valence-corrected chi connectivity index (χ1v) is 6.73. The molecule has 0 radical (unpaired) electrons. The Labute approximate surface area is 115 Å². The molecule has 0 fully saturated rings. The van der Waals surface area contributed by atoms with Gasteiger partial charge in [-0.1, -0.05) is 29.8 Å². The molecule has 0 saturated carbocycles. The Morgan fingerprint density at radius 2 is 2.00 bits per heavy atom. The van der Waals surface area contributed by atoms with Crippen LogP contribution in [-0.4, -0.2) is 42.7 Å². The van der Waals surface area contributed by atoms with E-state index in [0.29, 0.717) is 17.6 Å². The third-order valence-electron chi connectivity index (χ3n) is 3.12. The van der Waals surface area contributed by atoms with Crippen molar-refractivity contribution in [3.63, 3.8) is 0 Å². The zero-order valence-corrected chi connectivity index (χ0v) is 12.1. The van der Waals surface area contributed by atoms with Crippen molar-refractivity contribution in [3.8, 4) is 0 Å². The van der Waals surface area contributed by atoms with Crippen molar-refractivity contribution in [2.45, 2.75) is 26.0 Å². The SMILES string of the molecule is CC(C)N(C)CCNCC(O)c1ccccc1Cl. The predicted molar refractivity (Wildman–Crippen MR) is 77.0 cm³/mol. The normalized spacial score (nSPS) is 13.3. The van der Waals surface area contributed by atoms with Gasteiger partial charge < -0.3 is 15.3 Å². The molecule has 0 aliphatic carbocycles. The smallest absolute Gasteiger partial charge is 0.0928 e. The van der Waals surface area contributed by atoms with Crippen LogP contribution < -0.4 is 5.32 Å². The number of nitrogens with zero attached hydrogens (tertiary/aromatic N) is 1. The molecule has 1 atom stereocenters. The lowest BCUT2D eigenvalue weighted by atomic mass is 10.1. The van der Waals surface area contributed by atoms with E-state index in [2.05, 4.69) is 31.1 Å². The van der Waals surface area contributed by atoms with Crippen LogP contribution in [0.1, 0.15) is 25.5 Å². The standard InChI is InChI=1S/C14H23ClN2O/c1-11(2)17(3)9-8-16-10-14(18)12-6-4-5-7-13(12)15/h4-7,11,14,16,18H,8-10H2,1-3H3. The van der Waals surface area contributed by atoms with Crippen LogP contribution in [0.2, 0.25) is 5.02 Å². The number of aliphatic hydroxyl groups is 1. The van der Waals surface area contributed by atoms with Crippen molar-refractivity contribution in [1.29, 1.82) is 0 Å². The van der Waals surface area contributed by atoms with Gasteiger partial charge in [-0.15, -0.1) is 0 Å². The van der Waals surface area contributed by atoms with Crippen molar-refractivity contribution in [3.05, 3.63) is 34.9 Å². The summed E-state index contributed by atoms with van der Waals surface area (Å²) in [6, 6.07) is 7.95. The van der Waals surface area contributed by atoms with E-state index in [1.54, 1.807) is 6.07 Å². The zero-order chi connectivity index (χ0) is 13.5. The highest BCUT2D eigenvalue weighted by Gasteiger charge is 2.10. The number of nitrogens with one attached hydrogen (secondary N) is 1. The van der Waals surface area contributed by atoms with Gasteiger partial charge in [0.05, 0.1) is 6.10 Å². The highest BCUT2D eigenvalue weighted by molar-refractivity contribution is 6.31. The fourth-order valence-corrected chi connectivity index (χ4v) is 1.87. The second-order valence-corrected chi connectivity index (χ2v) is 5.22. The van der Waals surface area contributed by atoms with Crippen molar-refractivity contribution >= 4 is 11.6 Å². The fourth-order valence-electron chi connectivity index (χ4n) is 1.61. The molecule has 0 aromatic heterocycles. The Bertz CT molecular complexity index is 357. The van der Waals surface area contributed by atoms with E-state index in [1.807, 2.05) is 18.2 Å². The van der Waals surface area contributed by atoms with Gasteiger partial charge in [-0.25, -0.2) is 0 Å². The molecule has 1 unspecified atom stereocenters. The Morgan fingerprint density at radius 1 is 1.33 bits per heavy atom. The second-order valence-electron chi connectivity index (χ2n) is 4.82. The van der Waals surface area contributed by atoms with E-state index in [9.17, 15) is 5.11 Å². The summed E-state index contributed by atoms with van der Waals surface area (Å²) in [5, 5.41) is 13.9. The minimum Gasteiger partial charge on any atom is -0.387 e. The van der Waals surface area contributed by atoms with Gasteiger partial charge in [-0.05, 0) is 27.0 Å². The Balaban J connectivity index is 2.30. The number of hydrogen-bond acceptors (Lipinski definition) is 3. The highest BCUT2D eigenvalue weighted by atomic mass is 35.5. The molecule has 2 N–H and O–H groups in total. The van der Waals surface area contributed by atoms with Gasteiger partial charge in [0.1, 0.15) is 0 Å². The van der Waals surface area contributed by atoms with E-state index in [4.69, 9.17) is 11.6 Å². The maximum absolute atomic E-state index is 10.0. The van der Waals surface area contributed by atoms with Gasteiger partial charge in [0.15, 0.2) is 0 Å². The van der Waals surface area contributed by atoms with Gasteiger partial charge in [-0.2, -0.15) is 0 Å². The zero-order valence-electron chi connectivity index (χ0n) is 11.4. The first-order valence-electron chi connectivity index (χ1n) is 6.35. The molecule has 0 heterocycles. The summed E-state index contributed by atoms with van der Waals surface area (Å²) in [7, 11) is 2.09. The Kier molecular flexibility index (Phi) is 6.65. The monoisotopic (exact) mass is 270 g/mol. The molecule has 0 spiro atoms. The summed E-state index contributed by atoms with van der Waals surface area (Å²) in [5.74, 6) is 0. The molecular weight excluding hydrogens is 248 g/mol. The number of rotatable bonds is 7. The molecule has 1 rings (SSSR count). The first-order chi connectivity index (χ1) is 8.52. The third kappa shape index (κ3) is 4.94. The number of benzene rings is 1. The van der Waals surface area contributed by atoms with Gasteiger partial charge in [0.25, 0.3) is 0 Å². The van der Waals surface area contributed by atoms with Crippen molar-refractivity contribution in [2.24, 2.45) is 0 Å². The number of hydrogen-bond donors (Lipinski definition) is 2. The van der Waals surface area contributed by atoms with Crippen LogP contribution in [0.5, 0.6) is 0 Å². The molecule has 0 saturated heterocycles. The van der Waals surface area contributed by atoms with Gasteiger partial charge >= 0.3 is 0 Å². The second kappa shape index (κ2) is 7.74. The van der Waals surface area contributed by atoms with Crippen LogP contribution in [0.15, 0.2) is 24.3 Å². The Morgan fingerprint density at radius 3 is 2.61 bits per heavy atom. The Hall–Kier alpha value is -0.610. The summed E-state index contributed by atoms with van der Waals surface area (Å²) >= 11 is 6.03. The van der Waals surface area contributed by atoms with Crippen LogP contribution in [0.4, 0.5) is 0 Å². The number of likely N-dealkylation sites (N-methyl/N-ethyl adjacent to an activating group) is 1.